The highest BCUT2D eigenvalue weighted by atomic mass is 79.9. The lowest BCUT2D eigenvalue weighted by molar-refractivity contribution is 0.339. The molecule has 0 heterocycles. The first-order chi connectivity index (χ1) is 10.0. The van der Waals surface area contributed by atoms with E-state index in [0.29, 0.717) is 23.1 Å². The molecule has 112 valence electrons. The minimum atomic E-state index is -0.00331. The minimum Gasteiger partial charge on any atom is -0.502 e. The zero-order valence-corrected chi connectivity index (χ0v) is 14.0. The van der Waals surface area contributed by atoms with E-state index in [1.165, 1.54) is 14.2 Å². The molecule has 2 aromatic carbocycles. The van der Waals surface area contributed by atoms with Crippen LogP contribution in [0.15, 0.2) is 34.8 Å². The zero-order chi connectivity index (χ0) is 15.4. The molecule has 4 nitrogen and oxygen atoms in total. The number of ether oxygens (including phenoxy) is 2. The lowest BCUT2D eigenvalue weighted by atomic mass is 10.1. The number of phenols is 1. The van der Waals surface area contributed by atoms with Crippen molar-refractivity contribution < 1.29 is 14.6 Å². The van der Waals surface area contributed by atoms with Gasteiger partial charge in [-0.2, -0.15) is 0 Å². The van der Waals surface area contributed by atoms with Gasteiger partial charge in [-0.05, 0) is 51.8 Å². The van der Waals surface area contributed by atoms with Crippen LogP contribution in [0.1, 0.15) is 5.56 Å². The van der Waals surface area contributed by atoms with Crippen molar-refractivity contribution in [2.45, 2.75) is 6.54 Å². The number of nitrogens with one attached hydrogen (secondary N) is 1. The summed E-state index contributed by atoms with van der Waals surface area (Å²) in [5.74, 6) is 0.749. The molecule has 0 saturated carbocycles. The van der Waals surface area contributed by atoms with Crippen molar-refractivity contribution in [2.24, 2.45) is 0 Å². The average Bonchev–Trinajstić information content (AvgIpc) is 2.47. The van der Waals surface area contributed by atoms with Crippen molar-refractivity contribution in [3.8, 4) is 17.2 Å². The summed E-state index contributed by atoms with van der Waals surface area (Å²) < 4.78 is 11.2. The second-order valence-electron chi connectivity index (χ2n) is 4.33. The lowest BCUT2D eigenvalue weighted by Gasteiger charge is -2.13. The van der Waals surface area contributed by atoms with E-state index >= 15 is 0 Å². The van der Waals surface area contributed by atoms with Gasteiger partial charge in [0.1, 0.15) is 0 Å². The molecule has 0 aliphatic carbocycles. The fourth-order valence-electron chi connectivity index (χ4n) is 1.88. The molecule has 0 atom stereocenters. The summed E-state index contributed by atoms with van der Waals surface area (Å²) in [6.07, 6.45) is 0. The molecule has 0 aliphatic heterocycles. The van der Waals surface area contributed by atoms with Gasteiger partial charge in [0, 0.05) is 21.7 Å². The number of hydrogen-bond acceptors (Lipinski definition) is 4. The van der Waals surface area contributed by atoms with Crippen molar-refractivity contribution in [2.75, 3.05) is 19.5 Å². The van der Waals surface area contributed by atoms with Crippen molar-refractivity contribution in [1.29, 1.82) is 0 Å². The maximum Gasteiger partial charge on any atom is 0.200 e. The molecule has 0 bridgehead atoms. The first-order valence-electron chi connectivity index (χ1n) is 6.18. The van der Waals surface area contributed by atoms with E-state index in [4.69, 9.17) is 21.1 Å². The standard InChI is InChI=1S/C15H15BrClNO3/c1-20-13-5-9(6-14(21-2)15(13)19)8-18-12-4-3-10(17)7-11(12)16/h3-7,18-19H,8H2,1-2H3. The molecule has 0 aromatic heterocycles. The van der Waals surface area contributed by atoms with Crippen LogP contribution in [0, 0.1) is 0 Å². The van der Waals surface area contributed by atoms with E-state index in [-0.39, 0.29) is 5.75 Å². The summed E-state index contributed by atoms with van der Waals surface area (Å²) in [7, 11) is 3.00. The third-order valence-corrected chi connectivity index (χ3v) is 3.84. The Morgan fingerprint density at radius 3 is 2.29 bits per heavy atom. The van der Waals surface area contributed by atoms with Gasteiger partial charge in [0.2, 0.25) is 5.75 Å². The van der Waals surface area contributed by atoms with Gasteiger partial charge in [0.15, 0.2) is 11.5 Å². The molecule has 21 heavy (non-hydrogen) atoms. The summed E-state index contributed by atoms with van der Waals surface area (Å²) in [6, 6.07) is 9.04. The Morgan fingerprint density at radius 1 is 1.14 bits per heavy atom. The van der Waals surface area contributed by atoms with Crippen LogP contribution in [0.4, 0.5) is 5.69 Å². The topological polar surface area (TPSA) is 50.7 Å². The first kappa shape index (κ1) is 15.8. The van der Waals surface area contributed by atoms with Crippen molar-refractivity contribution in [3.05, 3.63) is 45.4 Å². The van der Waals surface area contributed by atoms with Gasteiger partial charge in [-0.1, -0.05) is 11.6 Å². The normalized spacial score (nSPS) is 10.3. The third kappa shape index (κ3) is 3.74. The van der Waals surface area contributed by atoms with Crippen LogP contribution in [0.25, 0.3) is 0 Å². The number of benzene rings is 2. The van der Waals surface area contributed by atoms with Crippen LogP contribution < -0.4 is 14.8 Å². The lowest BCUT2D eigenvalue weighted by Crippen LogP contribution is -2.01. The molecule has 0 radical (unpaired) electrons. The van der Waals surface area contributed by atoms with Crippen molar-refractivity contribution in [3.63, 3.8) is 0 Å². The Balaban J connectivity index is 2.19. The van der Waals surface area contributed by atoms with Gasteiger partial charge < -0.3 is 19.9 Å². The van der Waals surface area contributed by atoms with Gasteiger partial charge in [0.05, 0.1) is 14.2 Å². The van der Waals surface area contributed by atoms with E-state index in [0.717, 1.165) is 15.7 Å². The molecule has 0 unspecified atom stereocenters. The van der Waals surface area contributed by atoms with E-state index in [2.05, 4.69) is 21.2 Å². The number of hydrogen-bond donors (Lipinski definition) is 2. The number of rotatable bonds is 5. The average molecular weight is 373 g/mol. The highest BCUT2D eigenvalue weighted by molar-refractivity contribution is 9.10. The molecule has 6 heteroatoms. The highest BCUT2D eigenvalue weighted by Gasteiger charge is 2.11. The van der Waals surface area contributed by atoms with E-state index in [1.807, 2.05) is 18.2 Å². The molecule has 2 N–H and O–H groups in total. The SMILES string of the molecule is COc1cc(CNc2ccc(Cl)cc2Br)cc(OC)c1O. The predicted octanol–water partition coefficient (Wildman–Crippen LogP) is 4.44. The minimum absolute atomic E-state index is 0.00331. The van der Waals surface area contributed by atoms with Crippen LogP contribution in [-0.2, 0) is 6.54 Å². The number of methoxy groups -OCH3 is 2. The Labute approximate surface area is 136 Å². The van der Waals surface area contributed by atoms with Gasteiger partial charge in [0.25, 0.3) is 0 Å². The molecule has 2 aromatic rings. The Bertz CT molecular complexity index is 624. The largest absolute Gasteiger partial charge is 0.502 e. The summed E-state index contributed by atoms with van der Waals surface area (Å²) in [6.45, 7) is 0.549. The first-order valence-corrected chi connectivity index (χ1v) is 7.35. The molecule has 0 spiro atoms. The fraction of sp³-hybridized carbons (Fsp3) is 0.200. The molecular weight excluding hydrogens is 358 g/mol. The molecule has 0 fully saturated rings. The smallest absolute Gasteiger partial charge is 0.200 e. The van der Waals surface area contributed by atoms with Crippen LogP contribution in [-0.4, -0.2) is 19.3 Å². The second-order valence-corrected chi connectivity index (χ2v) is 5.62. The molecule has 0 aliphatic rings. The van der Waals surface area contributed by atoms with Gasteiger partial charge in [-0.3, -0.25) is 0 Å². The number of aromatic hydroxyl groups is 1. The number of anilines is 1. The Morgan fingerprint density at radius 2 is 1.76 bits per heavy atom. The Hall–Kier alpha value is -1.59. The second kappa shape index (κ2) is 6.91. The number of halogens is 2. The highest BCUT2D eigenvalue weighted by Crippen LogP contribution is 2.37. The predicted molar refractivity (Wildman–Crippen MR) is 87.7 cm³/mol. The van der Waals surface area contributed by atoms with Gasteiger partial charge in [-0.15, -0.1) is 0 Å². The summed E-state index contributed by atoms with van der Waals surface area (Å²) in [5.41, 5.74) is 1.84. The van der Waals surface area contributed by atoms with Crippen molar-refractivity contribution in [1.82, 2.24) is 0 Å². The molecule has 0 amide bonds. The van der Waals surface area contributed by atoms with Crippen LogP contribution >= 0.6 is 27.5 Å². The van der Waals surface area contributed by atoms with E-state index < -0.39 is 0 Å². The Kier molecular flexibility index (Phi) is 5.20. The number of phenolic OH excluding ortho intramolecular Hbond substituents is 1. The molecular formula is C15H15BrClNO3. The zero-order valence-electron chi connectivity index (χ0n) is 11.6. The van der Waals surface area contributed by atoms with Crippen LogP contribution in [0.3, 0.4) is 0 Å². The third-order valence-electron chi connectivity index (χ3n) is 2.95. The van der Waals surface area contributed by atoms with Crippen LogP contribution in [0.5, 0.6) is 17.2 Å². The molecule has 0 saturated heterocycles. The summed E-state index contributed by atoms with van der Waals surface area (Å²) >= 11 is 9.36. The van der Waals surface area contributed by atoms with E-state index in [9.17, 15) is 5.11 Å². The maximum atomic E-state index is 9.88. The summed E-state index contributed by atoms with van der Waals surface area (Å²) in [4.78, 5) is 0. The van der Waals surface area contributed by atoms with Gasteiger partial charge >= 0.3 is 0 Å². The van der Waals surface area contributed by atoms with Gasteiger partial charge in [-0.25, -0.2) is 0 Å². The quantitative estimate of drug-likeness (QED) is 0.815. The maximum absolute atomic E-state index is 9.88. The molecule has 2 rings (SSSR count). The summed E-state index contributed by atoms with van der Waals surface area (Å²) in [5, 5.41) is 13.8. The van der Waals surface area contributed by atoms with Crippen LogP contribution in [0.2, 0.25) is 5.02 Å². The van der Waals surface area contributed by atoms with Crippen molar-refractivity contribution >= 4 is 33.2 Å². The van der Waals surface area contributed by atoms with E-state index in [1.54, 1.807) is 12.1 Å². The fourth-order valence-corrected chi connectivity index (χ4v) is 2.70. The monoisotopic (exact) mass is 371 g/mol.